The van der Waals surface area contributed by atoms with Crippen LogP contribution in [0.15, 0.2) is 0 Å². The molecule has 0 aromatic heterocycles. The first-order valence-corrected chi connectivity index (χ1v) is 5.82. The number of nitrogens with two attached hydrogens (primary N) is 1. The van der Waals surface area contributed by atoms with Crippen molar-refractivity contribution in [3.63, 3.8) is 0 Å². The summed E-state index contributed by atoms with van der Waals surface area (Å²) in [5.41, 5.74) is 5.31. The third-order valence-electron chi connectivity index (χ3n) is 2.10. The van der Waals surface area contributed by atoms with E-state index in [0.717, 1.165) is 13.0 Å². The maximum Gasteiger partial charge on any atom is 0.0352 e. The van der Waals surface area contributed by atoms with E-state index in [0.29, 0.717) is 6.54 Å². The number of hydrogen-bond donors (Lipinski definition) is 2. The van der Waals surface area contributed by atoms with Crippen LogP contribution in [0.3, 0.4) is 0 Å². The van der Waals surface area contributed by atoms with Crippen LogP contribution in [0, 0.1) is 12.0 Å². The van der Waals surface area contributed by atoms with Crippen LogP contribution in [0.1, 0.15) is 51.9 Å². The van der Waals surface area contributed by atoms with Crippen molar-refractivity contribution in [2.24, 2.45) is 5.73 Å². The molecule has 0 rings (SSSR count). The van der Waals surface area contributed by atoms with E-state index < -0.39 is 0 Å². The van der Waals surface area contributed by atoms with Gasteiger partial charge in [0.15, 0.2) is 0 Å². The van der Waals surface area contributed by atoms with Crippen molar-refractivity contribution in [2.75, 3.05) is 13.1 Å². The zero-order valence-electron chi connectivity index (χ0n) is 9.44. The van der Waals surface area contributed by atoms with Crippen LogP contribution in [0.2, 0.25) is 0 Å². The highest BCUT2D eigenvalue weighted by molar-refractivity contribution is 4.96. The second kappa shape index (κ2) is 12.3. The highest BCUT2D eigenvalue weighted by atomic mass is 14.8. The average molecular weight is 196 g/mol. The van der Waals surface area contributed by atoms with Crippen molar-refractivity contribution in [1.82, 2.24) is 5.32 Å². The van der Waals surface area contributed by atoms with Crippen molar-refractivity contribution < 1.29 is 0 Å². The molecular weight excluding hydrogens is 172 g/mol. The van der Waals surface area contributed by atoms with Crippen molar-refractivity contribution in [2.45, 2.75) is 51.9 Å². The van der Waals surface area contributed by atoms with Gasteiger partial charge in [0.1, 0.15) is 0 Å². The summed E-state index contributed by atoms with van der Waals surface area (Å²) in [6.45, 7) is 3.70. The number of unbranched alkanes of at least 4 members (excludes halogenated alkanes) is 6. The van der Waals surface area contributed by atoms with E-state index in [1.54, 1.807) is 0 Å². The molecule has 0 saturated heterocycles. The zero-order chi connectivity index (χ0) is 10.5. The fourth-order valence-corrected chi connectivity index (χ4v) is 1.25. The second-order valence-electron chi connectivity index (χ2n) is 3.53. The third kappa shape index (κ3) is 11.3. The highest BCUT2D eigenvalue weighted by Crippen LogP contribution is 2.05. The van der Waals surface area contributed by atoms with Crippen LogP contribution in [-0.2, 0) is 0 Å². The summed E-state index contributed by atoms with van der Waals surface area (Å²) in [6.07, 6.45) is 9.03. The molecule has 0 aliphatic carbocycles. The summed E-state index contributed by atoms with van der Waals surface area (Å²) >= 11 is 0. The summed E-state index contributed by atoms with van der Waals surface area (Å²) in [5.74, 6) is 3.09. The Morgan fingerprint density at radius 2 is 1.79 bits per heavy atom. The maximum absolute atomic E-state index is 5.31. The molecule has 0 bridgehead atoms. The van der Waals surface area contributed by atoms with E-state index in [1.807, 2.05) is 0 Å². The molecule has 0 aliphatic heterocycles. The monoisotopic (exact) mass is 196 g/mol. The molecule has 0 aliphatic rings. The first kappa shape index (κ1) is 13.3. The summed E-state index contributed by atoms with van der Waals surface area (Å²) in [5, 5.41) is 2.96. The molecule has 2 nitrogen and oxygen atoms in total. The number of hydrogen-bond acceptors (Lipinski definition) is 2. The van der Waals surface area contributed by atoms with Gasteiger partial charge in [-0.15, -0.1) is 0 Å². The van der Waals surface area contributed by atoms with Gasteiger partial charge in [-0.25, -0.2) is 0 Å². The predicted molar refractivity (Wildman–Crippen MR) is 62.8 cm³/mol. The summed E-state index contributed by atoms with van der Waals surface area (Å²) in [6, 6.07) is 2.91. The van der Waals surface area contributed by atoms with Crippen molar-refractivity contribution in [3.05, 3.63) is 0 Å². The van der Waals surface area contributed by atoms with Crippen LogP contribution in [-0.4, -0.2) is 13.1 Å². The molecule has 0 radical (unpaired) electrons. The Morgan fingerprint density at radius 1 is 1.07 bits per heavy atom. The minimum atomic E-state index is 0.658. The average Bonchev–Trinajstić information content (AvgIpc) is 2.21. The lowest BCUT2D eigenvalue weighted by Gasteiger charge is -1.96. The Bertz CT molecular complexity index is 155. The Morgan fingerprint density at radius 3 is 2.50 bits per heavy atom. The van der Waals surface area contributed by atoms with Gasteiger partial charge in [-0.05, 0) is 6.42 Å². The van der Waals surface area contributed by atoms with E-state index >= 15 is 0 Å². The summed E-state index contributed by atoms with van der Waals surface area (Å²) in [4.78, 5) is 0. The molecule has 3 N–H and O–H groups in total. The Hall–Kier alpha value is -0.680. The molecule has 2 heteroatoms. The summed E-state index contributed by atoms with van der Waals surface area (Å²) in [7, 11) is 0. The molecule has 0 aromatic rings. The minimum Gasteiger partial charge on any atom is -0.345 e. The number of nitrogens with one attached hydrogen (secondary N) is 1. The molecule has 0 heterocycles. The van der Waals surface area contributed by atoms with Crippen LogP contribution < -0.4 is 11.1 Å². The molecule has 0 atom stereocenters. The van der Waals surface area contributed by atoms with Crippen LogP contribution in [0.5, 0.6) is 0 Å². The van der Waals surface area contributed by atoms with E-state index in [1.165, 1.54) is 38.5 Å². The highest BCUT2D eigenvalue weighted by Gasteiger charge is 1.87. The molecule has 0 saturated carbocycles. The van der Waals surface area contributed by atoms with Gasteiger partial charge < -0.3 is 11.1 Å². The van der Waals surface area contributed by atoms with Gasteiger partial charge in [0.2, 0.25) is 0 Å². The topological polar surface area (TPSA) is 38.0 Å². The molecule has 0 aromatic carbocycles. The molecule has 0 unspecified atom stereocenters. The normalized spacial score (nSPS) is 9.29. The lowest BCUT2D eigenvalue weighted by Crippen LogP contribution is -2.17. The molecular formula is C12H24N2. The second-order valence-corrected chi connectivity index (χ2v) is 3.53. The van der Waals surface area contributed by atoms with Crippen LogP contribution >= 0.6 is 0 Å². The fraction of sp³-hybridized carbons (Fsp3) is 0.833. The molecule has 0 amide bonds. The Labute approximate surface area is 88.6 Å². The molecule has 14 heavy (non-hydrogen) atoms. The van der Waals surface area contributed by atoms with Gasteiger partial charge in [-0.1, -0.05) is 44.9 Å². The van der Waals surface area contributed by atoms with Gasteiger partial charge >= 0.3 is 0 Å². The predicted octanol–water partition coefficient (Wildman–Crippen LogP) is 2.25. The lowest BCUT2D eigenvalue weighted by molar-refractivity contribution is 0.613. The van der Waals surface area contributed by atoms with Crippen molar-refractivity contribution >= 4 is 0 Å². The van der Waals surface area contributed by atoms with E-state index in [2.05, 4.69) is 24.2 Å². The van der Waals surface area contributed by atoms with E-state index in [9.17, 15) is 0 Å². The lowest BCUT2D eigenvalue weighted by atomic mass is 10.1. The molecule has 82 valence electrons. The van der Waals surface area contributed by atoms with Gasteiger partial charge in [-0.3, -0.25) is 0 Å². The van der Waals surface area contributed by atoms with E-state index in [-0.39, 0.29) is 0 Å². The maximum atomic E-state index is 5.31. The van der Waals surface area contributed by atoms with E-state index in [4.69, 9.17) is 5.73 Å². The summed E-state index contributed by atoms with van der Waals surface area (Å²) < 4.78 is 0. The smallest absolute Gasteiger partial charge is 0.0352 e. The largest absolute Gasteiger partial charge is 0.345 e. The fourth-order valence-electron chi connectivity index (χ4n) is 1.25. The SMILES string of the molecule is CCCCCCCCC#CNCCN. The number of rotatable bonds is 8. The quantitative estimate of drug-likeness (QED) is 0.355. The van der Waals surface area contributed by atoms with Crippen LogP contribution in [0.4, 0.5) is 0 Å². The van der Waals surface area contributed by atoms with Gasteiger partial charge in [0, 0.05) is 25.6 Å². The Balaban J connectivity index is 2.99. The van der Waals surface area contributed by atoms with Gasteiger partial charge in [0.25, 0.3) is 0 Å². The standard InChI is InChI=1S/C12H24N2/c1-2-3-4-5-6-7-8-9-11-14-12-10-13/h14H,2-8,10,12-13H2,1H3. The molecule has 0 fully saturated rings. The Kier molecular flexibility index (Phi) is 11.7. The first-order chi connectivity index (χ1) is 6.91. The van der Waals surface area contributed by atoms with Gasteiger partial charge in [-0.2, -0.15) is 0 Å². The van der Waals surface area contributed by atoms with Crippen molar-refractivity contribution in [1.29, 1.82) is 0 Å². The van der Waals surface area contributed by atoms with Crippen molar-refractivity contribution in [3.8, 4) is 12.0 Å². The molecule has 0 spiro atoms. The minimum absolute atomic E-state index is 0.658. The third-order valence-corrected chi connectivity index (χ3v) is 2.10. The zero-order valence-corrected chi connectivity index (χ0v) is 9.44. The first-order valence-electron chi connectivity index (χ1n) is 5.82. The van der Waals surface area contributed by atoms with Crippen LogP contribution in [0.25, 0.3) is 0 Å². The van der Waals surface area contributed by atoms with Gasteiger partial charge in [0.05, 0.1) is 0 Å².